The van der Waals surface area contributed by atoms with Crippen LogP contribution in [0.5, 0.6) is 0 Å². The third-order valence-electron chi connectivity index (χ3n) is 4.24. The van der Waals surface area contributed by atoms with Crippen LogP contribution in [0.25, 0.3) is 0 Å². The molecule has 1 fully saturated rings. The number of aryl methyl sites for hydroxylation is 1. The summed E-state index contributed by atoms with van der Waals surface area (Å²) < 4.78 is 1.68. The Morgan fingerprint density at radius 1 is 1.50 bits per heavy atom. The van der Waals surface area contributed by atoms with Gasteiger partial charge in [0.1, 0.15) is 12.7 Å². The number of nitro groups is 1. The summed E-state index contributed by atoms with van der Waals surface area (Å²) in [5.74, 6) is 1.38. The van der Waals surface area contributed by atoms with Crippen molar-refractivity contribution in [2.24, 2.45) is 11.7 Å². The second-order valence-electron chi connectivity index (χ2n) is 5.61. The molecule has 2 rings (SSSR count). The first-order chi connectivity index (χ1) is 9.49. The molecule has 0 radical (unpaired) electrons. The first-order valence-electron chi connectivity index (χ1n) is 7.13. The Kier molecular flexibility index (Phi) is 4.72. The summed E-state index contributed by atoms with van der Waals surface area (Å²) in [6.45, 7) is 7.35. The largest absolute Gasteiger partial charge is 0.358 e. The highest BCUT2D eigenvalue weighted by molar-refractivity contribution is 5.18. The zero-order chi connectivity index (χ0) is 14.7. The number of imidazole rings is 1. The van der Waals surface area contributed by atoms with Crippen LogP contribution in [0.15, 0.2) is 6.20 Å². The van der Waals surface area contributed by atoms with Gasteiger partial charge in [0.05, 0.1) is 0 Å². The molecule has 2 heterocycles. The number of aromatic nitrogens is 2. The van der Waals surface area contributed by atoms with Crippen LogP contribution in [-0.4, -0.2) is 45.1 Å². The third-order valence-corrected chi connectivity index (χ3v) is 4.24. The van der Waals surface area contributed by atoms with E-state index < -0.39 is 0 Å². The molecule has 0 amide bonds. The maximum atomic E-state index is 10.9. The van der Waals surface area contributed by atoms with Gasteiger partial charge >= 0.3 is 5.82 Å². The van der Waals surface area contributed by atoms with E-state index >= 15 is 0 Å². The van der Waals surface area contributed by atoms with Gasteiger partial charge in [0.15, 0.2) is 5.82 Å². The molecule has 20 heavy (non-hydrogen) atoms. The number of nitrogens with two attached hydrogens (primary N) is 1. The third kappa shape index (κ3) is 3.34. The van der Waals surface area contributed by atoms with Crippen LogP contribution in [0.4, 0.5) is 5.82 Å². The standard InChI is InChI=1S/C13H23N5O2/c1-10(14)12-3-5-16(6-4-12)7-8-17-11(2)15-9-13(17)18(19)20/h9-10,12H,3-8,14H2,1-2H3. The molecule has 0 bridgehead atoms. The van der Waals surface area contributed by atoms with E-state index in [1.165, 1.54) is 6.20 Å². The first-order valence-corrected chi connectivity index (χ1v) is 7.13. The zero-order valence-corrected chi connectivity index (χ0v) is 12.2. The zero-order valence-electron chi connectivity index (χ0n) is 12.2. The summed E-state index contributed by atoms with van der Waals surface area (Å²) in [6, 6.07) is 0.258. The van der Waals surface area contributed by atoms with Crippen LogP contribution < -0.4 is 5.73 Å². The molecule has 1 aromatic rings. The molecule has 0 spiro atoms. The second kappa shape index (κ2) is 6.32. The fourth-order valence-corrected chi connectivity index (χ4v) is 2.82. The second-order valence-corrected chi connectivity index (χ2v) is 5.61. The molecule has 1 aromatic heterocycles. The fourth-order valence-electron chi connectivity index (χ4n) is 2.82. The topological polar surface area (TPSA) is 90.2 Å². The molecule has 0 aromatic carbocycles. The normalized spacial score (nSPS) is 19.1. The van der Waals surface area contributed by atoms with E-state index in [1.807, 2.05) is 0 Å². The monoisotopic (exact) mass is 281 g/mol. The van der Waals surface area contributed by atoms with Crippen LogP contribution in [0.2, 0.25) is 0 Å². The number of hydrogen-bond donors (Lipinski definition) is 1. The maximum Gasteiger partial charge on any atom is 0.342 e. The van der Waals surface area contributed by atoms with Gasteiger partial charge in [-0.3, -0.25) is 4.90 Å². The summed E-state index contributed by atoms with van der Waals surface area (Å²) in [6.07, 6.45) is 3.56. The van der Waals surface area contributed by atoms with Gasteiger partial charge in [0.25, 0.3) is 0 Å². The summed E-state index contributed by atoms with van der Waals surface area (Å²) in [5.41, 5.74) is 5.93. The van der Waals surface area contributed by atoms with Gasteiger partial charge in [0.2, 0.25) is 0 Å². The minimum atomic E-state index is -0.373. The molecule has 0 aliphatic carbocycles. The molecule has 7 nitrogen and oxygen atoms in total. The number of rotatable bonds is 5. The minimum absolute atomic E-state index is 0.0768. The van der Waals surface area contributed by atoms with Crippen molar-refractivity contribution in [1.29, 1.82) is 0 Å². The van der Waals surface area contributed by atoms with Crippen LogP contribution in [0.1, 0.15) is 25.6 Å². The van der Waals surface area contributed by atoms with Crippen LogP contribution >= 0.6 is 0 Å². The number of piperidine rings is 1. The van der Waals surface area contributed by atoms with Crippen molar-refractivity contribution in [2.45, 2.75) is 39.3 Å². The van der Waals surface area contributed by atoms with Crippen molar-refractivity contribution in [2.75, 3.05) is 19.6 Å². The van der Waals surface area contributed by atoms with Crippen LogP contribution in [-0.2, 0) is 6.54 Å². The Balaban J connectivity index is 1.88. The van der Waals surface area contributed by atoms with Gasteiger partial charge in [-0.15, -0.1) is 0 Å². The predicted octanol–water partition coefficient (Wildman–Crippen LogP) is 1.16. The number of nitrogens with zero attached hydrogens (tertiary/aromatic N) is 4. The Morgan fingerprint density at radius 2 is 2.15 bits per heavy atom. The molecule has 7 heteroatoms. The number of likely N-dealkylation sites (tertiary alicyclic amines) is 1. The molecule has 0 saturated carbocycles. The van der Waals surface area contributed by atoms with Gasteiger partial charge in [-0.1, -0.05) is 0 Å². The van der Waals surface area contributed by atoms with Crippen molar-refractivity contribution < 1.29 is 4.92 Å². The first kappa shape index (κ1) is 14.9. The summed E-state index contributed by atoms with van der Waals surface area (Å²) in [4.78, 5) is 16.9. The van der Waals surface area contributed by atoms with Crippen molar-refractivity contribution >= 4 is 5.82 Å². The van der Waals surface area contributed by atoms with Crippen LogP contribution in [0.3, 0.4) is 0 Å². The highest BCUT2D eigenvalue weighted by atomic mass is 16.6. The molecular formula is C13H23N5O2. The molecule has 112 valence electrons. The fraction of sp³-hybridized carbons (Fsp3) is 0.769. The summed E-state index contributed by atoms with van der Waals surface area (Å²) in [5, 5.41) is 10.9. The average molecular weight is 281 g/mol. The van der Waals surface area contributed by atoms with Crippen LogP contribution in [0, 0.1) is 23.0 Å². The molecule has 1 atom stereocenters. The predicted molar refractivity (Wildman–Crippen MR) is 76.4 cm³/mol. The van der Waals surface area contributed by atoms with E-state index in [-0.39, 0.29) is 16.8 Å². The minimum Gasteiger partial charge on any atom is -0.358 e. The lowest BCUT2D eigenvalue weighted by atomic mass is 9.91. The lowest BCUT2D eigenvalue weighted by Crippen LogP contribution is -2.40. The Morgan fingerprint density at radius 3 is 2.70 bits per heavy atom. The SMILES string of the molecule is Cc1ncc([N+](=O)[O-])n1CCN1CCC(C(C)N)CC1. The number of hydrogen-bond acceptors (Lipinski definition) is 5. The molecule has 1 unspecified atom stereocenters. The van der Waals surface area contributed by atoms with Gasteiger partial charge in [-0.25, -0.2) is 9.55 Å². The van der Waals surface area contributed by atoms with Gasteiger partial charge < -0.3 is 15.8 Å². The average Bonchev–Trinajstić information content (AvgIpc) is 2.78. The lowest BCUT2D eigenvalue weighted by molar-refractivity contribution is -0.392. The van der Waals surface area contributed by atoms with Gasteiger partial charge in [-0.05, 0) is 43.7 Å². The quantitative estimate of drug-likeness (QED) is 0.646. The highest BCUT2D eigenvalue weighted by Gasteiger charge is 2.23. The summed E-state index contributed by atoms with van der Waals surface area (Å²) >= 11 is 0. The lowest BCUT2D eigenvalue weighted by Gasteiger charge is -2.33. The Labute approximate surface area is 118 Å². The highest BCUT2D eigenvalue weighted by Crippen LogP contribution is 2.20. The molecule has 1 aliphatic heterocycles. The van der Waals surface area contributed by atoms with E-state index in [2.05, 4.69) is 16.8 Å². The van der Waals surface area contributed by atoms with Crippen molar-refractivity contribution in [3.05, 3.63) is 22.1 Å². The molecule has 1 aliphatic rings. The Hall–Kier alpha value is -1.47. The van der Waals surface area contributed by atoms with Gasteiger partial charge in [0, 0.05) is 19.5 Å². The van der Waals surface area contributed by atoms with E-state index in [1.54, 1.807) is 11.5 Å². The van der Waals surface area contributed by atoms with Crippen molar-refractivity contribution in [3.8, 4) is 0 Å². The summed E-state index contributed by atoms with van der Waals surface area (Å²) in [7, 11) is 0. The van der Waals surface area contributed by atoms with E-state index in [4.69, 9.17) is 5.73 Å². The smallest absolute Gasteiger partial charge is 0.342 e. The molecular weight excluding hydrogens is 258 g/mol. The van der Waals surface area contributed by atoms with E-state index in [0.717, 1.165) is 32.5 Å². The van der Waals surface area contributed by atoms with Crippen molar-refractivity contribution in [3.63, 3.8) is 0 Å². The van der Waals surface area contributed by atoms with E-state index in [9.17, 15) is 10.1 Å². The molecule has 2 N–H and O–H groups in total. The Bertz CT molecular complexity index is 463. The van der Waals surface area contributed by atoms with Crippen molar-refractivity contribution in [1.82, 2.24) is 14.5 Å². The molecule has 1 saturated heterocycles. The van der Waals surface area contributed by atoms with Gasteiger partial charge in [-0.2, -0.15) is 0 Å². The van der Waals surface area contributed by atoms with E-state index in [0.29, 0.717) is 18.3 Å². The maximum absolute atomic E-state index is 10.9.